The van der Waals surface area contributed by atoms with Gasteiger partial charge in [0.15, 0.2) is 11.5 Å². The molecule has 3 N–H and O–H groups in total. The fourth-order valence-electron chi connectivity index (χ4n) is 2.37. The smallest absolute Gasteiger partial charge is 0.275 e. The number of carbonyl (C=O) groups is 1. The highest BCUT2D eigenvalue weighted by Crippen LogP contribution is 2.18. The Balaban J connectivity index is 1.70. The summed E-state index contributed by atoms with van der Waals surface area (Å²) in [4.78, 5) is 12.4. The summed E-state index contributed by atoms with van der Waals surface area (Å²) in [6, 6.07) is 14.5. The van der Waals surface area contributed by atoms with Gasteiger partial charge in [-0.3, -0.25) is 4.79 Å². The second kappa shape index (κ2) is 7.56. The van der Waals surface area contributed by atoms with Crippen LogP contribution in [0.25, 0.3) is 5.69 Å². The van der Waals surface area contributed by atoms with Crippen LogP contribution in [0.5, 0.6) is 11.5 Å². The largest absolute Gasteiger partial charge is 0.497 e. The Labute approximate surface area is 150 Å². The molecule has 3 rings (SSSR count). The van der Waals surface area contributed by atoms with E-state index < -0.39 is 5.91 Å². The van der Waals surface area contributed by atoms with E-state index >= 15 is 0 Å². The molecule has 0 saturated carbocycles. The lowest BCUT2D eigenvalue weighted by atomic mass is 10.2. The van der Waals surface area contributed by atoms with Gasteiger partial charge in [0.05, 0.1) is 19.9 Å². The molecule has 2 aromatic carbocycles. The van der Waals surface area contributed by atoms with Crippen molar-refractivity contribution in [1.82, 2.24) is 20.3 Å². The number of methoxy groups -OCH3 is 2. The van der Waals surface area contributed by atoms with Crippen LogP contribution in [0.4, 0.5) is 5.82 Å². The molecule has 8 nitrogen and oxygen atoms in total. The summed E-state index contributed by atoms with van der Waals surface area (Å²) < 4.78 is 11.6. The molecule has 3 aromatic rings. The van der Waals surface area contributed by atoms with E-state index in [1.807, 2.05) is 24.3 Å². The van der Waals surface area contributed by atoms with Crippen molar-refractivity contribution in [3.8, 4) is 17.2 Å². The third-order valence-electron chi connectivity index (χ3n) is 3.85. The fraction of sp³-hybridized carbons (Fsp3) is 0.167. The molecule has 0 radical (unpaired) electrons. The van der Waals surface area contributed by atoms with E-state index in [-0.39, 0.29) is 11.5 Å². The number of carbonyl (C=O) groups excluding carboxylic acids is 1. The number of nitrogen functional groups attached to an aromatic ring is 1. The summed E-state index contributed by atoms with van der Waals surface area (Å²) in [5.41, 5.74) is 7.74. The van der Waals surface area contributed by atoms with Crippen LogP contribution in [0.2, 0.25) is 0 Å². The summed E-state index contributed by atoms with van der Waals surface area (Å²) in [7, 11) is 3.19. The SMILES string of the molecule is COc1ccc(CNC(=O)c2nnn(-c3ccc(OC)cc3)c2N)cc1. The van der Waals surface area contributed by atoms with Gasteiger partial charge in [-0.25, -0.2) is 0 Å². The molecule has 1 amide bonds. The Kier molecular flexibility index (Phi) is 5.02. The van der Waals surface area contributed by atoms with Crippen LogP contribution in [0.1, 0.15) is 16.1 Å². The van der Waals surface area contributed by atoms with Crippen molar-refractivity contribution < 1.29 is 14.3 Å². The van der Waals surface area contributed by atoms with Gasteiger partial charge in [-0.1, -0.05) is 17.3 Å². The lowest BCUT2D eigenvalue weighted by Gasteiger charge is -2.06. The molecule has 0 aliphatic carbocycles. The van der Waals surface area contributed by atoms with Crippen LogP contribution >= 0.6 is 0 Å². The molecule has 8 heteroatoms. The van der Waals surface area contributed by atoms with E-state index in [9.17, 15) is 4.79 Å². The van der Waals surface area contributed by atoms with Crippen LogP contribution in [0.15, 0.2) is 48.5 Å². The van der Waals surface area contributed by atoms with Gasteiger partial charge in [0.25, 0.3) is 5.91 Å². The van der Waals surface area contributed by atoms with E-state index in [2.05, 4.69) is 15.6 Å². The summed E-state index contributed by atoms with van der Waals surface area (Å²) in [5, 5.41) is 10.6. The molecule has 0 fully saturated rings. The lowest BCUT2D eigenvalue weighted by molar-refractivity contribution is 0.0947. The maximum atomic E-state index is 12.4. The standard InChI is InChI=1S/C18H19N5O3/c1-25-14-7-3-12(4-8-14)11-20-18(24)16-17(19)23(22-21-16)13-5-9-15(26-2)10-6-13/h3-10H,11,19H2,1-2H3,(H,20,24). The van der Waals surface area contributed by atoms with Crippen molar-refractivity contribution in [2.45, 2.75) is 6.54 Å². The average molecular weight is 353 g/mol. The van der Waals surface area contributed by atoms with Crippen LogP contribution in [-0.2, 0) is 6.54 Å². The number of hydrogen-bond donors (Lipinski definition) is 2. The Morgan fingerprint density at radius 2 is 1.62 bits per heavy atom. The second-order valence-corrected chi connectivity index (χ2v) is 5.46. The number of anilines is 1. The summed E-state index contributed by atoms with van der Waals surface area (Å²) in [5.74, 6) is 1.25. The number of aromatic nitrogens is 3. The molecule has 0 atom stereocenters. The predicted molar refractivity (Wildman–Crippen MR) is 96.5 cm³/mol. The van der Waals surface area contributed by atoms with Gasteiger partial charge in [0.2, 0.25) is 0 Å². The van der Waals surface area contributed by atoms with Crippen molar-refractivity contribution in [2.75, 3.05) is 20.0 Å². The molecule has 0 aliphatic rings. The second-order valence-electron chi connectivity index (χ2n) is 5.46. The summed E-state index contributed by atoms with van der Waals surface area (Å²) in [6.45, 7) is 0.345. The van der Waals surface area contributed by atoms with Crippen LogP contribution in [-0.4, -0.2) is 35.1 Å². The number of nitrogens with two attached hydrogens (primary N) is 1. The zero-order valence-electron chi connectivity index (χ0n) is 14.5. The number of rotatable bonds is 6. The molecular weight excluding hydrogens is 334 g/mol. The third-order valence-corrected chi connectivity index (χ3v) is 3.85. The molecule has 26 heavy (non-hydrogen) atoms. The minimum Gasteiger partial charge on any atom is -0.497 e. The maximum Gasteiger partial charge on any atom is 0.275 e. The number of nitrogens with zero attached hydrogens (tertiary/aromatic N) is 3. The zero-order valence-corrected chi connectivity index (χ0v) is 14.5. The maximum absolute atomic E-state index is 12.4. The first-order valence-corrected chi connectivity index (χ1v) is 7.89. The summed E-state index contributed by atoms with van der Waals surface area (Å²) in [6.07, 6.45) is 0. The molecule has 1 heterocycles. The van der Waals surface area contributed by atoms with E-state index in [4.69, 9.17) is 15.2 Å². The topological polar surface area (TPSA) is 104 Å². The fourth-order valence-corrected chi connectivity index (χ4v) is 2.37. The van der Waals surface area contributed by atoms with Crippen molar-refractivity contribution in [1.29, 1.82) is 0 Å². The Morgan fingerprint density at radius 3 is 2.19 bits per heavy atom. The number of benzene rings is 2. The Hall–Kier alpha value is -3.55. The van der Waals surface area contributed by atoms with Gasteiger partial charge >= 0.3 is 0 Å². The first-order chi connectivity index (χ1) is 12.6. The molecule has 0 saturated heterocycles. The van der Waals surface area contributed by atoms with Crippen molar-refractivity contribution in [2.24, 2.45) is 0 Å². The Morgan fingerprint density at radius 1 is 1.04 bits per heavy atom. The molecule has 134 valence electrons. The van der Waals surface area contributed by atoms with E-state index in [1.165, 1.54) is 4.68 Å². The number of nitrogens with one attached hydrogen (secondary N) is 1. The monoisotopic (exact) mass is 353 g/mol. The Bertz CT molecular complexity index is 888. The van der Waals surface area contributed by atoms with E-state index in [0.29, 0.717) is 18.0 Å². The van der Waals surface area contributed by atoms with Gasteiger partial charge in [0, 0.05) is 6.54 Å². The quantitative estimate of drug-likeness (QED) is 0.700. The highest BCUT2D eigenvalue weighted by molar-refractivity contribution is 5.96. The highest BCUT2D eigenvalue weighted by atomic mass is 16.5. The zero-order chi connectivity index (χ0) is 18.5. The molecule has 0 unspecified atom stereocenters. The van der Waals surface area contributed by atoms with Gasteiger partial charge < -0.3 is 20.5 Å². The minimum atomic E-state index is -0.391. The van der Waals surface area contributed by atoms with Crippen molar-refractivity contribution >= 4 is 11.7 Å². The van der Waals surface area contributed by atoms with Crippen LogP contribution in [0, 0.1) is 0 Å². The number of ether oxygens (including phenoxy) is 2. The van der Waals surface area contributed by atoms with Crippen molar-refractivity contribution in [3.05, 3.63) is 59.8 Å². The highest BCUT2D eigenvalue weighted by Gasteiger charge is 2.18. The number of amides is 1. The predicted octanol–water partition coefficient (Wildman–Crippen LogP) is 1.80. The van der Waals surface area contributed by atoms with Gasteiger partial charge in [-0.05, 0) is 42.0 Å². The van der Waals surface area contributed by atoms with Gasteiger partial charge in [0.1, 0.15) is 11.5 Å². The van der Waals surface area contributed by atoms with Crippen LogP contribution in [0.3, 0.4) is 0 Å². The van der Waals surface area contributed by atoms with Crippen LogP contribution < -0.4 is 20.5 Å². The molecule has 0 bridgehead atoms. The third kappa shape index (κ3) is 3.59. The molecular formula is C18H19N5O3. The van der Waals surface area contributed by atoms with Gasteiger partial charge in [-0.15, -0.1) is 5.10 Å². The first-order valence-electron chi connectivity index (χ1n) is 7.89. The first kappa shape index (κ1) is 17.3. The average Bonchev–Trinajstić information content (AvgIpc) is 3.08. The molecule has 0 spiro atoms. The molecule has 1 aromatic heterocycles. The summed E-state index contributed by atoms with van der Waals surface area (Å²) >= 11 is 0. The van der Waals surface area contributed by atoms with Gasteiger partial charge in [-0.2, -0.15) is 4.68 Å². The van der Waals surface area contributed by atoms with Crippen molar-refractivity contribution in [3.63, 3.8) is 0 Å². The normalized spacial score (nSPS) is 10.4. The molecule has 0 aliphatic heterocycles. The lowest BCUT2D eigenvalue weighted by Crippen LogP contribution is -2.24. The van der Waals surface area contributed by atoms with E-state index in [0.717, 1.165) is 11.3 Å². The number of hydrogen-bond acceptors (Lipinski definition) is 6. The minimum absolute atomic E-state index is 0.0781. The van der Waals surface area contributed by atoms with E-state index in [1.54, 1.807) is 38.5 Å².